The van der Waals surface area contributed by atoms with Crippen LogP contribution >= 0.6 is 0 Å². The minimum absolute atomic E-state index is 0.696. The van der Waals surface area contributed by atoms with E-state index in [-0.39, 0.29) is 0 Å². The lowest BCUT2D eigenvalue weighted by Crippen LogP contribution is -2.39. The first kappa shape index (κ1) is 14.3. The first-order chi connectivity index (χ1) is 9.19. The van der Waals surface area contributed by atoms with Crippen molar-refractivity contribution in [2.24, 2.45) is 5.92 Å². The second kappa shape index (κ2) is 6.90. The van der Waals surface area contributed by atoms with Crippen LogP contribution in [0.2, 0.25) is 0 Å². The summed E-state index contributed by atoms with van der Waals surface area (Å²) in [5, 5.41) is 3.32. The Balaban J connectivity index is 1.88. The molecular formula is C16H27N3. The normalized spacial score (nSPS) is 24.4. The third-order valence-corrected chi connectivity index (χ3v) is 4.04. The Morgan fingerprint density at radius 1 is 1.37 bits per heavy atom. The highest BCUT2D eigenvalue weighted by molar-refractivity contribution is 5.35. The number of piperidine rings is 1. The van der Waals surface area contributed by atoms with Gasteiger partial charge >= 0.3 is 0 Å². The molecule has 2 heterocycles. The highest BCUT2D eigenvalue weighted by Gasteiger charge is 2.22. The molecule has 1 aromatic heterocycles. The maximum atomic E-state index is 4.48. The van der Waals surface area contributed by atoms with Gasteiger partial charge in [-0.15, -0.1) is 0 Å². The summed E-state index contributed by atoms with van der Waals surface area (Å²) in [6.45, 7) is 10.1. The summed E-state index contributed by atoms with van der Waals surface area (Å²) in [7, 11) is 0. The minimum atomic E-state index is 0.696. The van der Waals surface area contributed by atoms with Crippen LogP contribution in [0.15, 0.2) is 18.3 Å². The molecule has 1 saturated heterocycles. The molecule has 3 nitrogen and oxygen atoms in total. The summed E-state index contributed by atoms with van der Waals surface area (Å²) in [6, 6.07) is 5.00. The fraction of sp³-hybridized carbons (Fsp3) is 0.688. The van der Waals surface area contributed by atoms with E-state index in [1.807, 2.05) is 6.20 Å². The Hall–Kier alpha value is -1.09. The second-order valence-electron chi connectivity index (χ2n) is 5.93. The molecule has 1 N–H and O–H groups in total. The number of aromatic nitrogens is 1. The topological polar surface area (TPSA) is 28.2 Å². The van der Waals surface area contributed by atoms with Gasteiger partial charge in [-0.2, -0.15) is 0 Å². The zero-order valence-corrected chi connectivity index (χ0v) is 12.5. The predicted molar refractivity (Wildman–Crippen MR) is 81.3 cm³/mol. The van der Waals surface area contributed by atoms with Crippen LogP contribution in [0.1, 0.15) is 45.6 Å². The quantitative estimate of drug-likeness (QED) is 0.879. The van der Waals surface area contributed by atoms with Gasteiger partial charge in [0.1, 0.15) is 5.82 Å². The maximum Gasteiger partial charge on any atom is 0.125 e. The highest BCUT2D eigenvalue weighted by atomic mass is 15.2. The average Bonchev–Trinajstić information content (AvgIpc) is 2.41. The summed E-state index contributed by atoms with van der Waals surface area (Å²) in [5.74, 6) is 1.87. The van der Waals surface area contributed by atoms with E-state index < -0.39 is 0 Å². The Morgan fingerprint density at radius 3 is 2.84 bits per heavy atom. The van der Waals surface area contributed by atoms with E-state index in [9.17, 15) is 0 Å². The molecule has 2 rings (SSSR count). The van der Waals surface area contributed by atoms with Gasteiger partial charge in [0.25, 0.3) is 0 Å². The van der Waals surface area contributed by atoms with Gasteiger partial charge in [-0.1, -0.05) is 19.9 Å². The van der Waals surface area contributed by atoms with Crippen molar-refractivity contribution in [3.8, 4) is 0 Å². The van der Waals surface area contributed by atoms with Crippen molar-refractivity contribution in [2.75, 3.05) is 18.4 Å². The predicted octanol–water partition coefficient (Wildman–Crippen LogP) is 3.52. The molecule has 19 heavy (non-hydrogen) atoms. The molecule has 1 aromatic rings. The molecule has 106 valence electrons. The molecule has 0 aliphatic carbocycles. The van der Waals surface area contributed by atoms with E-state index in [1.54, 1.807) is 0 Å². The summed E-state index contributed by atoms with van der Waals surface area (Å²) >= 11 is 0. The van der Waals surface area contributed by atoms with Crippen molar-refractivity contribution in [2.45, 2.75) is 52.6 Å². The number of nitrogens with zero attached hydrogens (tertiary/aromatic N) is 2. The lowest BCUT2D eigenvalue weighted by atomic mass is 9.93. The van der Waals surface area contributed by atoms with Crippen LogP contribution in [0.25, 0.3) is 0 Å². The monoisotopic (exact) mass is 261 g/mol. The van der Waals surface area contributed by atoms with Crippen LogP contribution in [-0.4, -0.2) is 29.0 Å². The Labute approximate surface area is 117 Å². The van der Waals surface area contributed by atoms with Gasteiger partial charge in [0.2, 0.25) is 0 Å². The number of pyridine rings is 1. The van der Waals surface area contributed by atoms with Crippen LogP contribution in [-0.2, 0) is 6.54 Å². The molecule has 0 radical (unpaired) electrons. The van der Waals surface area contributed by atoms with Crippen molar-refractivity contribution in [3.05, 3.63) is 23.9 Å². The first-order valence-corrected chi connectivity index (χ1v) is 7.62. The largest absolute Gasteiger partial charge is 0.370 e. The Bertz CT molecular complexity index is 374. The third-order valence-electron chi connectivity index (χ3n) is 4.04. The molecule has 2 atom stereocenters. The van der Waals surface area contributed by atoms with Gasteiger partial charge in [0.05, 0.1) is 0 Å². The van der Waals surface area contributed by atoms with Crippen LogP contribution < -0.4 is 5.32 Å². The van der Waals surface area contributed by atoms with Crippen LogP contribution in [0.5, 0.6) is 0 Å². The zero-order valence-electron chi connectivity index (χ0n) is 12.5. The Morgan fingerprint density at radius 2 is 2.21 bits per heavy atom. The molecule has 0 bridgehead atoms. The molecule has 1 aliphatic heterocycles. The van der Waals surface area contributed by atoms with Gasteiger partial charge in [-0.25, -0.2) is 4.98 Å². The molecule has 3 heteroatoms. The average molecular weight is 261 g/mol. The zero-order chi connectivity index (χ0) is 13.7. The molecule has 0 aromatic carbocycles. The van der Waals surface area contributed by atoms with Crippen molar-refractivity contribution in [1.82, 2.24) is 9.88 Å². The number of likely N-dealkylation sites (tertiary alicyclic amines) is 1. The van der Waals surface area contributed by atoms with E-state index in [0.29, 0.717) is 6.04 Å². The van der Waals surface area contributed by atoms with Gasteiger partial charge in [0.15, 0.2) is 0 Å². The number of anilines is 1. The summed E-state index contributed by atoms with van der Waals surface area (Å²) < 4.78 is 0. The van der Waals surface area contributed by atoms with E-state index in [0.717, 1.165) is 31.2 Å². The lowest BCUT2D eigenvalue weighted by Gasteiger charge is -2.36. The van der Waals surface area contributed by atoms with Crippen molar-refractivity contribution in [1.29, 1.82) is 0 Å². The van der Waals surface area contributed by atoms with Crippen molar-refractivity contribution < 1.29 is 0 Å². The van der Waals surface area contributed by atoms with E-state index in [1.165, 1.54) is 24.9 Å². The number of rotatable bonds is 5. The SMILES string of the molecule is CCCNc1ccc(CN2CCC(C)CC2C)cn1. The van der Waals surface area contributed by atoms with E-state index >= 15 is 0 Å². The number of hydrogen-bond acceptors (Lipinski definition) is 3. The maximum absolute atomic E-state index is 4.48. The summed E-state index contributed by atoms with van der Waals surface area (Å²) in [6.07, 6.45) is 5.80. The van der Waals surface area contributed by atoms with E-state index in [2.05, 4.69) is 48.1 Å². The van der Waals surface area contributed by atoms with Gasteiger partial charge in [-0.3, -0.25) is 4.90 Å². The smallest absolute Gasteiger partial charge is 0.125 e. The van der Waals surface area contributed by atoms with Crippen molar-refractivity contribution >= 4 is 5.82 Å². The standard InChI is InChI=1S/C16H27N3/c1-4-8-17-16-6-5-15(11-18-16)12-19-9-7-13(2)10-14(19)3/h5-6,11,13-14H,4,7-10,12H2,1-3H3,(H,17,18). The van der Waals surface area contributed by atoms with E-state index in [4.69, 9.17) is 0 Å². The molecule has 0 saturated carbocycles. The highest BCUT2D eigenvalue weighted by Crippen LogP contribution is 2.23. The van der Waals surface area contributed by atoms with Crippen molar-refractivity contribution in [3.63, 3.8) is 0 Å². The lowest BCUT2D eigenvalue weighted by molar-refractivity contribution is 0.122. The van der Waals surface area contributed by atoms with Gasteiger partial charge in [0, 0.05) is 25.3 Å². The third kappa shape index (κ3) is 4.20. The molecular weight excluding hydrogens is 234 g/mol. The van der Waals surface area contributed by atoms with Gasteiger partial charge in [-0.05, 0) is 50.3 Å². The molecule has 2 unspecified atom stereocenters. The Kier molecular flexibility index (Phi) is 5.20. The molecule has 0 spiro atoms. The fourth-order valence-electron chi connectivity index (χ4n) is 2.80. The van der Waals surface area contributed by atoms with Gasteiger partial charge < -0.3 is 5.32 Å². The summed E-state index contributed by atoms with van der Waals surface area (Å²) in [4.78, 5) is 7.06. The molecule has 1 fully saturated rings. The second-order valence-corrected chi connectivity index (χ2v) is 5.93. The van der Waals surface area contributed by atoms with Crippen LogP contribution in [0.4, 0.5) is 5.82 Å². The number of hydrogen-bond donors (Lipinski definition) is 1. The fourth-order valence-corrected chi connectivity index (χ4v) is 2.80. The first-order valence-electron chi connectivity index (χ1n) is 7.62. The molecule has 1 aliphatic rings. The van der Waals surface area contributed by atoms with Crippen LogP contribution in [0, 0.1) is 5.92 Å². The number of nitrogens with one attached hydrogen (secondary N) is 1. The minimum Gasteiger partial charge on any atom is -0.370 e. The summed E-state index contributed by atoms with van der Waals surface area (Å²) in [5.41, 5.74) is 1.32. The molecule has 0 amide bonds. The van der Waals surface area contributed by atoms with Crippen LogP contribution in [0.3, 0.4) is 0 Å².